The van der Waals surface area contributed by atoms with Gasteiger partial charge >= 0.3 is 0 Å². The molecule has 2 atom stereocenters. The molecule has 0 aromatic carbocycles. The molecule has 74 valence electrons. The van der Waals surface area contributed by atoms with E-state index >= 15 is 0 Å². The topological polar surface area (TPSA) is 26.0 Å². The predicted molar refractivity (Wildman–Crippen MR) is 56.0 cm³/mol. The molecule has 0 amide bonds. The van der Waals surface area contributed by atoms with Crippen molar-refractivity contribution in [1.82, 2.24) is 0 Å². The molecule has 0 heterocycles. The minimum Gasteiger partial charge on any atom is -0.328 e. The molecule has 0 rings (SSSR count). The van der Waals surface area contributed by atoms with Crippen LogP contribution in [0.25, 0.3) is 0 Å². The van der Waals surface area contributed by atoms with Crippen LogP contribution in [0.5, 0.6) is 0 Å². The van der Waals surface area contributed by atoms with Crippen molar-refractivity contribution >= 4 is 0 Å². The highest BCUT2D eigenvalue weighted by Gasteiger charge is 2.28. The second-order valence-corrected chi connectivity index (χ2v) is 5.23. The van der Waals surface area contributed by atoms with Gasteiger partial charge in [-0.05, 0) is 30.6 Å². The van der Waals surface area contributed by atoms with E-state index < -0.39 is 0 Å². The number of hydrogen-bond acceptors (Lipinski definition) is 1. The smallest absolute Gasteiger partial charge is 0.00412 e. The van der Waals surface area contributed by atoms with Crippen LogP contribution >= 0.6 is 0 Å². The molecule has 0 radical (unpaired) electrons. The minimum absolute atomic E-state index is 0.304. The summed E-state index contributed by atoms with van der Waals surface area (Å²) in [4.78, 5) is 0. The second kappa shape index (κ2) is 4.27. The second-order valence-electron chi connectivity index (χ2n) is 5.23. The molecule has 0 spiro atoms. The molecular formula is C11H25N. The van der Waals surface area contributed by atoms with Crippen molar-refractivity contribution in [3.63, 3.8) is 0 Å². The maximum atomic E-state index is 5.90. The van der Waals surface area contributed by atoms with Gasteiger partial charge in [-0.2, -0.15) is 0 Å². The third-order valence-corrected chi connectivity index (χ3v) is 2.96. The van der Waals surface area contributed by atoms with Crippen molar-refractivity contribution in [2.75, 3.05) is 0 Å². The fourth-order valence-electron chi connectivity index (χ4n) is 1.95. The van der Waals surface area contributed by atoms with Crippen LogP contribution in [0.1, 0.15) is 48.0 Å². The van der Waals surface area contributed by atoms with Crippen LogP contribution in [0.3, 0.4) is 0 Å². The van der Waals surface area contributed by atoms with Crippen molar-refractivity contribution < 1.29 is 0 Å². The van der Waals surface area contributed by atoms with Crippen LogP contribution in [0.4, 0.5) is 0 Å². The molecule has 0 aliphatic heterocycles. The Bertz CT molecular complexity index is 125. The SMILES string of the molecule is CC(C)CC(C)(C)C(C)C(C)N. The van der Waals surface area contributed by atoms with Gasteiger partial charge in [0.25, 0.3) is 0 Å². The summed E-state index contributed by atoms with van der Waals surface area (Å²) < 4.78 is 0. The van der Waals surface area contributed by atoms with Crippen molar-refractivity contribution in [2.24, 2.45) is 23.0 Å². The third-order valence-electron chi connectivity index (χ3n) is 2.96. The Labute approximate surface area is 77.7 Å². The molecule has 0 bridgehead atoms. The average Bonchev–Trinajstić information content (AvgIpc) is 1.82. The molecule has 0 aromatic rings. The quantitative estimate of drug-likeness (QED) is 0.691. The minimum atomic E-state index is 0.304. The molecule has 0 aromatic heterocycles. The zero-order chi connectivity index (χ0) is 9.94. The number of nitrogens with two attached hydrogens (primary N) is 1. The van der Waals surface area contributed by atoms with Gasteiger partial charge in [0.2, 0.25) is 0 Å². The molecule has 1 heteroatoms. The molecule has 0 fully saturated rings. The standard InChI is InChI=1S/C11H25N/c1-8(2)7-11(5,6)9(3)10(4)12/h8-10H,7,12H2,1-6H3. The van der Waals surface area contributed by atoms with Crippen molar-refractivity contribution in [3.8, 4) is 0 Å². The highest BCUT2D eigenvalue weighted by Crippen LogP contribution is 2.34. The lowest BCUT2D eigenvalue weighted by atomic mass is 9.71. The largest absolute Gasteiger partial charge is 0.328 e. The Hall–Kier alpha value is -0.0400. The Balaban J connectivity index is 4.18. The highest BCUT2D eigenvalue weighted by molar-refractivity contribution is 4.81. The number of rotatable bonds is 4. The van der Waals surface area contributed by atoms with Gasteiger partial charge in [0.05, 0.1) is 0 Å². The summed E-state index contributed by atoms with van der Waals surface area (Å²) in [5.41, 5.74) is 6.28. The van der Waals surface area contributed by atoms with Crippen LogP contribution < -0.4 is 5.73 Å². The maximum Gasteiger partial charge on any atom is 0.00412 e. The molecule has 2 N–H and O–H groups in total. The van der Waals surface area contributed by atoms with Crippen LogP contribution in [0.15, 0.2) is 0 Å². The fraction of sp³-hybridized carbons (Fsp3) is 1.00. The van der Waals surface area contributed by atoms with Crippen molar-refractivity contribution in [1.29, 1.82) is 0 Å². The summed E-state index contributed by atoms with van der Waals surface area (Å²) in [5, 5.41) is 0. The zero-order valence-electron chi connectivity index (χ0n) is 9.52. The normalized spacial score (nSPS) is 18.0. The van der Waals surface area contributed by atoms with Gasteiger partial charge < -0.3 is 5.73 Å². The maximum absolute atomic E-state index is 5.90. The molecule has 0 saturated carbocycles. The Morgan fingerprint density at radius 1 is 1.08 bits per heavy atom. The van der Waals surface area contributed by atoms with Gasteiger partial charge in [0.1, 0.15) is 0 Å². The van der Waals surface area contributed by atoms with E-state index in [2.05, 4.69) is 41.5 Å². The average molecular weight is 171 g/mol. The summed E-state index contributed by atoms with van der Waals surface area (Å²) in [7, 11) is 0. The molecule has 1 nitrogen and oxygen atoms in total. The van der Waals surface area contributed by atoms with Gasteiger partial charge in [0.15, 0.2) is 0 Å². The lowest BCUT2D eigenvalue weighted by molar-refractivity contribution is 0.164. The van der Waals surface area contributed by atoms with Gasteiger partial charge in [-0.3, -0.25) is 0 Å². The Morgan fingerprint density at radius 3 is 1.75 bits per heavy atom. The van der Waals surface area contributed by atoms with Crippen LogP contribution in [-0.2, 0) is 0 Å². The summed E-state index contributed by atoms with van der Waals surface area (Å²) in [6.45, 7) is 13.5. The third kappa shape index (κ3) is 3.57. The van der Waals surface area contributed by atoms with Crippen molar-refractivity contribution in [2.45, 2.75) is 54.0 Å². The van der Waals surface area contributed by atoms with Gasteiger partial charge in [-0.25, -0.2) is 0 Å². The van der Waals surface area contributed by atoms with Crippen LogP contribution in [-0.4, -0.2) is 6.04 Å². The summed E-state index contributed by atoms with van der Waals surface area (Å²) >= 11 is 0. The van der Waals surface area contributed by atoms with E-state index in [1.807, 2.05) is 0 Å². The van der Waals surface area contributed by atoms with Gasteiger partial charge in [-0.1, -0.05) is 34.6 Å². The first kappa shape index (κ1) is 12.0. The van der Waals surface area contributed by atoms with E-state index in [0.29, 0.717) is 17.4 Å². The number of hydrogen-bond donors (Lipinski definition) is 1. The zero-order valence-corrected chi connectivity index (χ0v) is 9.52. The monoisotopic (exact) mass is 171 g/mol. The molecular weight excluding hydrogens is 146 g/mol. The fourth-order valence-corrected chi connectivity index (χ4v) is 1.95. The van der Waals surface area contributed by atoms with Crippen LogP contribution in [0, 0.1) is 17.3 Å². The Morgan fingerprint density at radius 2 is 1.50 bits per heavy atom. The lowest BCUT2D eigenvalue weighted by Crippen LogP contribution is -2.36. The summed E-state index contributed by atoms with van der Waals surface area (Å²) in [6.07, 6.45) is 1.26. The van der Waals surface area contributed by atoms with E-state index in [9.17, 15) is 0 Å². The van der Waals surface area contributed by atoms with Crippen molar-refractivity contribution in [3.05, 3.63) is 0 Å². The molecule has 0 aliphatic carbocycles. The van der Waals surface area contributed by atoms with E-state index in [4.69, 9.17) is 5.73 Å². The first-order valence-electron chi connectivity index (χ1n) is 5.03. The summed E-state index contributed by atoms with van der Waals surface area (Å²) in [5.74, 6) is 1.36. The molecule has 2 unspecified atom stereocenters. The molecule has 0 saturated heterocycles. The van der Waals surface area contributed by atoms with E-state index in [0.717, 1.165) is 5.92 Å². The van der Waals surface area contributed by atoms with Gasteiger partial charge in [-0.15, -0.1) is 0 Å². The van der Waals surface area contributed by atoms with Gasteiger partial charge in [0, 0.05) is 6.04 Å². The highest BCUT2D eigenvalue weighted by atomic mass is 14.6. The Kier molecular flexibility index (Phi) is 4.25. The molecule has 12 heavy (non-hydrogen) atoms. The van der Waals surface area contributed by atoms with Crippen LogP contribution in [0.2, 0.25) is 0 Å². The predicted octanol–water partition coefficient (Wildman–Crippen LogP) is 3.04. The van der Waals surface area contributed by atoms with E-state index in [1.54, 1.807) is 0 Å². The molecule has 0 aliphatic rings. The summed E-state index contributed by atoms with van der Waals surface area (Å²) in [6, 6.07) is 0.304. The van der Waals surface area contributed by atoms with E-state index in [1.165, 1.54) is 6.42 Å². The first-order chi connectivity index (χ1) is 5.27. The van der Waals surface area contributed by atoms with E-state index in [-0.39, 0.29) is 0 Å². The lowest BCUT2D eigenvalue weighted by Gasteiger charge is -2.35. The first-order valence-corrected chi connectivity index (χ1v) is 5.03.